The molecule has 1 heterocycles. The Bertz CT molecular complexity index is 316. The Balaban J connectivity index is 3.17. The minimum absolute atomic E-state index is 0.104. The van der Waals surface area contributed by atoms with Crippen molar-refractivity contribution in [1.29, 1.82) is 0 Å². The van der Waals surface area contributed by atoms with Gasteiger partial charge in [-0.15, -0.1) is 0 Å². The van der Waals surface area contributed by atoms with E-state index in [1.807, 2.05) is 0 Å². The molecule has 0 saturated heterocycles. The second kappa shape index (κ2) is 2.53. The van der Waals surface area contributed by atoms with Gasteiger partial charge in [-0.2, -0.15) is 0 Å². The predicted molar refractivity (Wildman–Crippen MR) is 38.1 cm³/mol. The van der Waals surface area contributed by atoms with E-state index >= 15 is 0 Å². The SMILES string of the molecule is [2H]Cc1cnc(N)c(C(=O)O)n1. The maximum Gasteiger partial charge on any atom is 0.358 e. The molecule has 0 spiro atoms. The lowest BCUT2D eigenvalue weighted by molar-refractivity contribution is 0.0691. The first kappa shape index (κ1) is 6.09. The molecule has 0 aliphatic heterocycles. The predicted octanol–water partition coefficient (Wildman–Crippen LogP) is 0.0654. The number of nitrogens with two attached hydrogens (primary N) is 1. The summed E-state index contributed by atoms with van der Waals surface area (Å²) < 4.78 is 6.92. The van der Waals surface area contributed by atoms with Gasteiger partial charge >= 0.3 is 5.97 Å². The van der Waals surface area contributed by atoms with Gasteiger partial charge in [0.25, 0.3) is 0 Å². The molecule has 1 rings (SSSR count). The Morgan fingerprint density at radius 2 is 2.64 bits per heavy atom. The van der Waals surface area contributed by atoms with Crippen LogP contribution >= 0.6 is 0 Å². The number of carboxylic acid groups (broad SMARTS) is 1. The van der Waals surface area contributed by atoms with Crippen LogP contribution in [-0.2, 0) is 0 Å². The van der Waals surface area contributed by atoms with Gasteiger partial charge in [-0.1, -0.05) is 0 Å². The Morgan fingerprint density at radius 3 is 3.18 bits per heavy atom. The van der Waals surface area contributed by atoms with E-state index in [9.17, 15) is 4.79 Å². The molecule has 5 heteroatoms. The quantitative estimate of drug-likeness (QED) is 0.597. The zero-order valence-electron chi connectivity index (χ0n) is 6.61. The number of hydrogen-bond donors (Lipinski definition) is 2. The zero-order chi connectivity index (χ0) is 9.14. The summed E-state index contributed by atoms with van der Waals surface area (Å²) in [6, 6.07) is 0. The molecule has 0 amide bonds. The smallest absolute Gasteiger partial charge is 0.358 e. The number of nitrogen functional groups attached to an aromatic ring is 1. The lowest BCUT2D eigenvalue weighted by Crippen LogP contribution is -2.08. The molecule has 0 atom stereocenters. The van der Waals surface area contributed by atoms with Crippen LogP contribution in [0.25, 0.3) is 0 Å². The van der Waals surface area contributed by atoms with Crippen molar-refractivity contribution in [3.63, 3.8) is 0 Å². The van der Waals surface area contributed by atoms with E-state index in [2.05, 4.69) is 9.97 Å². The second-order valence-electron chi connectivity index (χ2n) is 1.90. The van der Waals surface area contributed by atoms with Crippen molar-refractivity contribution in [3.05, 3.63) is 17.6 Å². The molecule has 0 aromatic carbocycles. The number of nitrogens with zero attached hydrogens (tertiary/aromatic N) is 2. The third-order valence-corrected chi connectivity index (χ3v) is 1.05. The van der Waals surface area contributed by atoms with Crippen molar-refractivity contribution in [2.45, 2.75) is 6.90 Å². The first-order valence-corrected chi connectivity index (χ1v) is 2.79. The van der Waals surface area contributed by atoms with Gasteiger partial charge in [0.05, 0.1) is 11.9 Å². The number of carboxylic acids is 1. The summed E-state index contributed by atoms with van der Waals surface area (Å²) in [6.07, 6.45) is 1.29. The van der Waals surface area contributed by atoms with Crippen molar-refractivity contribution >= 4 is 11.8 Å². The van der Waals surface area contributed by atoms with Crippen LogP contribution in [-0.4, -0.2) is 21.0 Å². The standard InChI is InChI=1S/C6H7N3O2/c1-3-2-8-5(7)4(9-3)6(10)11/h2H,1H3,(H2,7,8)(H,10,11)/i1D. The third-order valence-electron chi connectivity index (χ3n) is 1.05. The monoisotopic (exact) mass is 154 g/mol. The zero-order valence-corrected chi connectivity index (χ0v) is 5.61. The Kier molecular flexibility index (Phi) is 1.40. The van der Waals surface area contributed by atoms with Crippen LogP contribution < -0.4 is 5.73 Å². The second-order valence-corrected chi connectivity index (χ2v) is 1.90. The number of carbonyl (C=O) groups is 1. The van der Waals surface area contributed by atoms with Gasteiger partial charge in [-0.05, 0) is 6.90 Å². The molecule has 11 heavy (non-hydrogen) atoms. The molecule has 1 aromatic rings. The van der Waals surface area contributed by atoms with E-state index in [-0.39, 0.29) is 18.4 Å². The maximum atomic E-state index is 10.4. The van der Waals surface area contributed by atoms with E-state index in [1.54, 1.807) is 0 Å². The molecule has 0 aliphatic rings. The topological polar surface area (TPSA) is 89.1 Å². The van der Waals surface area contributed by atoms with Gasteiger partial charge in [0.1, 0.15) is 0 Å². The fraction of sp³-hybridized carbons (Fsp3) is 0.167. The fourth-order valence-corrected chi connectivity index (χ4v) is 0.592. The van der Waals surface area contributed by atoms with Gasteiger partial charge < -0.3 is 10.8 Å². The molecule has 0 bridgehead atoms. The highest BCUT2D eigenvalue weighted by atomic mass is 16.4. The minimum atomic E-state index is -1.23. The molecule has 0 unspecified atom stereocenters. The number of rotatable bonds is 1. The summed E-state index contributed by atoms with van der Waals surface area (Å²) in [5, 5.41) is 8.54. The van der Waals surface area contributed by atoms with Gasteiger partial charge in [0.2, 0.25) is 0 Å². The molecule has 0 radical (unpaired) electrons. The van der Waals surface area contributed by atoms with Crippen molar-refractivity contribution in [3.8, 4) is 0 Å². The highest BCUT2D eigenvalue weighted by Gasteiger charge is 2.09. The average molecular weight is 154 g/mol. The first-order valence-electron chi connectivity index (χ1n) is 3.49. The van der Waals surface area contributed by atoms with Gasteiger partial charge in [0.15, 0.2) is 11.5 Å². The number of aromatic nitrogens is 2. The van der Waals surface area contributed by atoms with Gasteiger partial charge in [-0.25, -0.2) is 14.8 Å². The lowest BCUT2D eigenvalue weighted by Gasteiger charge is -1.97. The van der Waals surface area contributed by atoms with E-state index < -0.39 is 5.97 Å². The van der Waals surface area contributed by atoms with Crippen LogP contribution in [0.15, 0.2) is 6.20 Å². The summed E-state index contributed by atoms with van der Waals surface area (Å²) in [5.74, 6) is -1.35. The normalized spacial score (nSPS) is 10.7. The van der Waals surface area contributed by atoms with Crippen LogP contribution in [0.3, 0.4) is 0 Å². The number of hydrogen-bond acceptors (Lipinski definition) is 4. The Hall–Kier alpha value is -1.65. The summed E-state index contributed by atoms with van der Waals surface area (Å²) >= 11 is 0. The highest BCUT2D eigenvalue weighted by molar-refractivity contribution is 5.90. The molecule has 58 valence electrons. The summed E-state index contributed by atoms with van der Waals surface area (Å²) in [7, 11) is 0. The third kappa shape index (κ3) is 1.43. The summed E-state index contributed by atoms with van der Waals surface area (Å²) in [5.41, 5.74) is 5.23. The van der Waals surface area contributed by atoms with Crippen molar-refractivity contribution in [2.24, 2.45) is 0 Å². The molecule has 0 aliphatic carbocycles. The van der Waals surface area contributed by atoms with Gasteiger partial charge in [0, 0.05) is 1.37 Å². The molecule has 1 aromatic heterocycles. The van der Waals surface area contributed by atoms with Crippen molar-refractivity contribution < 1.29 is 11.3 Å². The Morgan fingerprint density at radius 1 is 1.91 bits per heavy atom. The first-order chi connectivity index (χ1) is 5.65. The van der Waals surface area contributed by atoms with E-state index in [0.717, 1.165) is 0 Å². The Labute approximate surface area is 64.3 Å². The summed E-state index contributed by atoms with van der Waals surface area (Å²) in [6.45, 7) is -0.104. The number of anilines is 1. The minimum Gasteiger partial charge on any atom is -0.476 e. The van der Waals surface area contributed by atoms with E-state index in [4.69, 9.17) is 12.2 Å². The van der Waals surface area contributed by atoms with Crippen LogP contribution in [0.1, 0.15) is 17.6 Å². The molecular weight excluding hydrogens is 146 g/mol. The fourth-order valence-electron chi connectivity index (χ4n) is 0.592. The average Bonchev–Trinajstić information content (AvgIpc) is 2.05. The summed E-state index contributed by atoms with van der Waals surface area (Å²) in [4.78, 5) is 17.6. The van der Waals surface area contributed by atoms with Crippen molar-refractivity contribution in [2.75, 3.05) is 5.73 Å². The molecule has 0 saturated carbocycles. The molecule has 5 nitrogen and oxygen atoms in total. The number of aromatic carboxylic acids is 1. The lowest BCUT2D eigenvalue weighted by atomic mass is 10.4. The molecule has 0 fully saturated rings. The van der Waals surface area contributed by atoms with Crippen LogP contribution in [0.2, 0.25) is 0 Å². The number of aryl methyl sites for hydroxylation is 1. The van der Waals surface area contributed by atoms with E-state index in [1.165, 1.54) is 6.20 Å². The molecular formula is C6H7N3O2. The molecule has 3 N–H and O–H groups in total. The largest absolute Gasteiger partial charge is 0.476 e. The van der Waals surface area contributed by atoms with Gasteiger partial charge in [-0.3, -0.25) is 0 Å². The van der Waals surface area contributed by atoms with E-state index in [0.29, 0.717) is 5.69 Å². The maximum absolute atomic E-state index is 10.4. The van der Waals surface area contributed by atoms with Crippen LogP contribution in [0.4, 0.5) is 5.82 Å². The highest BCUT2D eigenvalue weighted by Crippen LogP contribution is 2.04. The van der Waals surface area contributed by atoms with Crippen LogP contribution in [0.5, 0.6) is 0 Å². The van der Waals surface area contributed by atoms with Crippen molar-refractivity contribution in [1.82, 2.24) is 9.97 Å². The van der Waals surface area contributed by atoms with Crippen LogP contribution in [0, 0.1) is 6.90 Å².